The molecule has 1 aromatic carbocycles. The summed E-state index contributed by atoms with van der Waals surface area (Å²) in [7, 11) is 0. The van der Waals surface area contributed by atoms with E-state index in [9.17, 15) is 63.6 Å². The lowest BCUT2D eigenvalue weighted by Crippen LogP contribution is -2.52. The fourth-order valence-corrected chi connectivity index (χ4v) is 6.98. The molecule has 2 aliphatic rings. The molecule has 24 heteroatoms. The first-order chi connectivity index (χ1) is 28.4. The minimum absolute atomic E-state index is 0.00614. The van der Waals surface area contributed by atoms with Gasteiger partial charge in [0.25, 0.3) is 11.8 Å². The molecule has 2 aliphatic heterocycles. The molecule has 3 rings (SSSR count). The Balaban J connectivity index is 1.59. The van der Waals surface area contributed by atoms with E-state index in [1.165, 1.54) is 28.0 Å². The first-order valence-corrected chi connectivity index (χ1v) is 19.1. The van der Waals surface area contributed by atoms with Crippen molar-refractivity contribution in [2.24, 2.45) is 17.0 Å². The van der Waals surface area contributed by atoms with Crippen LogP contribution in [0.15, 0.2) is 23.3 Å². The average molecular weight is 848 g/mol. The Morgan fingerprint density at radius 2 is 1.02 bits per heavy atom. The Morgan fingerprint density at radius 1 is 0.633 bits per heavy atom. The Labute approximate surface area is 341 Å². The first-order valence-electron chi connectivity index (χ1n) is 19.1. The molecular weight excluding hydrogens is 798 g/mol. The molecule has 0 spiro atoms. The Morgan fingerprint density at radius 3 is 1.37 bits per heavy atom. The standard InChI is InChI=1S/C36H49N9O15/c37-43-42-23-17-21(29(49)44-9-5-19(6-10-44)14-26(33(55)56)40-35(59)38-24(31(51)52)2-1-13-46)16-22(18-23)30(50)45-11-7-20(8-12-45)15-27(34(57)58)41-36(60)39-25(32(53)54)3-4-28(47)48/h16-20,24-27,46H,1-15H2,(H,47,48)(H,51,52)(H,53,54)(H,55,56)(H,57,58)(H2,38,40,59)(H2,39,41,60)/t24?,25-,26+,27-/m0/s1. The highest BCUT2D eigenvalue weighted by atomic mass is 16.4. The van der Waals surface area contributed by atoms with E-state index in [4.69, 9.17) is 15.7 Å². The second kappa shape index (κ2) is 23.0. The molecule has 0 bridgehead atoms. The van der Waals surface area contributed by atoms with Gasteiger partial charge in [-0.3, -0.25) is 14.4 Å². The minimum Gasteiger partial charge on any atom is -0.481 e. The number of aliphatic hydroxyl groups excluding tert-OH is 1. The molecule has 2 heterocycles. The van der Waals surface area contributed by atoms with E-state index in [-0.39, 0.29) is 87.1 Å². The van der Waals surface area contributed by atoms with Crippen LogP contribution < -0.4 is 21.3 Å². The average Bonchev–Trinajstić information content (AvgIpc) is 3.20. The van der Waals surface area contributed by atoms with Gasteiger partial charge < -0.3 is 61.7 Å². The molecule has 24 nitrogen and oxygen atoms in total. The van der Waals surface area contributed by atoms with Gasteiger partial charge in [0.1, 0.15) is 24.2 Å². The molecule has 60 heavy (non-hydrogen) atoms. The zero-order chi connectivity index (χ0) is 44.5. The number of carboxylic acids is 5. The molecule has 0 saturated carbocycles. The normalized spacial score (nSPS) is 16.5. The second-order valence-electron chi connectivity index (χ2n) is 14.5. The molecule has 10 N–H and O–H groups in total. The maximum absolute atomic E-state index is 13.7. The summed E-state index contributed by atoms with van der Waals surface area (Å²) in [6.07, 6.45) is 0.362. The highest BCUT2D eigenvalue weighted by Crippen LogP contribution is 2.28. The van der Waals surface area contributed by atoms with Crippen molar-refractivity contribution in [2.45, 2.75) is 88.4 Å². The number of piperidine rings is 2. The van der Waals surface area contributed by atoms with Gasteiger partial charge in [0.2, 0.25) is 0 Å². The number of nitrogens with one attached hydrogen (secondary N) is 4. The number of hydrogen-bond acceptors (Lipinski definition) is 11. The molecule has 2 fully saturated rings. The number of hydrogen-bond donors (Lipinski definition) is 10. The number of carbonyl (C=O) groups is 9. The molecule has 2 saturated heterocycles. The van der Waals surface area contributed by atoms with E-state index >= 15 is 0 Å². The van der Waals surface area contributed by atoms with Crippen LogP contribution in [0.1, 0.15) is 84.9 Å². The zero-order valence-corrected chi connectivity index (χ0v) is 32.4. The monoisotopic (exact) mass is 847 g/mol. The van der Waals surface area contributed by atoms with Crippen LogP contribution in [0.5, 0.6) is 0 Å². The molecule has 4 atom stereocenters. The zero-order valence-electron chi connectivity index (χ0n) is 32.4. The maximum atomic E-state index is 13.7. The van der Waals surface area contributed by atoms with Crippen molar-refractivity contribution in [1.29, 1.82) is 0 Å². The third kappa shape index (κ3) is 14.9. The fourth-order valence-electron chi connectivity index (χ4n) is 6.98. The Bertz CT molecular complexity index is 1820. The van der Waals surface area contributed by atoms with Crippen molar-refractivity contribution in [3.8, 4) is 0 Å². The third-order valence-corrected chi connectivity index (χ3v) is 10.2. The van der Waals surface area contributed by atoms with Crippen molar-refractivity contribution < 1.29 is 73.8 Å². The number of benzene rings is 1. The molecule has 0 aliphatic carbocycles. The number of likely N-dealkylation sites (tertiary alicyclic amines) is 2. The number of nitrogens with zero attached hydrogens (tertiary/aromatic N) is 5. The van der Waals surface area contributed by atoms with Gasteiger partial charge in [-0.15, -0.1) is 0 Å². The smallest absolute Gasteiger partial charge is 0.326 e. The van der Waals surface area contributed by atoms with Gasteiger partial charge in [-0.1, -0.05) is 5.11 Å². The van der Waals surface area contributed by atoms with Crippen LogP contribution in [0.25, 0.3) is 10.4 Å². The number of carboxylic acid groups (broad SMARTS) is 5. The summed E-state index contributed by atoms with van der Waals surface area (Å²) in [5.41, 5.74) is 9.21. The van der Waals surface area contributed by atoms with Crippen LogP contribution in [0, 0.1) is 11.8 Å². The van der Waals surface area contributed by atoms with Crippen molar-refractivity contribution in [1.82, 2.24) is 31.1 Å². The molecule has 0 aromatic heterocycles. The van der Waals surface area contributed by atoms with Gasteiger partial charge in [0.15, 0.2) is 0 Å². The Hall–Kier alpha value is -6.68. The maximum Gasteiger partial charge on any atom is 0.326 e. The van der Waals surface area contributed by atoms with E-state index in [0.717, 1.165) is 0 Å². The number of aliphatic hydroxyl groups is 1. The molecule has 1 unspecified atom stereocenters. The van der Waals surface area contributed by atoms with Crippen molar-refractivity contribution in [3.05, 3.63) is 39.8 Å². The van der Waals surface area contributed by atoms with Gasteiger partial charge >= 0.3 is 41.9 Å². The molecular formula is C36H49N9O15. The fraction of sp³-hybridized carbons (Fsp3) is 0.583. The number of urea groups is 2. The van der Waals surface area contributed by atoms with Crippen LogP contribution >= 0.6 is 0 Å². The van der Waals surface area contributed by atoms with Gasteiger partial charge in [0, 0.05) is 60.9 Å². The van der Waals surface area contributed by atoms with Crippen LogP contribution in [0.4, 0.5) is 15.3 Å². The topological polar surface area (TPSA) is 378 Å². The summed E-state index contributed by atoms with van der Waals surface area (Å²) in [6.45, 7) is 0.409. The summed E-state index contributed by atoms with van der Waals surface area (Å²) >= 11 is 0. The molecule has 6 amide bonds. The third-order valence-electron chi connectivity index (χ3n) is 10.2. The van der Waals surface area contributed by atoms with E-state index in [0.29, 0.717) is 25.7 Å². The lowest BCUT2D eigenvalue weighted by Gasteiger charge is -2.34. The largest absolute Gasteiger partial charge is 0.481 e. The SMILES string of the molecule is [N-]=[N+]=Nc1cc(C(=O)N2CCC(C[C@H](NC(=O)N[C@@H](CCC(=O)O)C(=O)O)C(=O)O)CC2)cc(C(=O)N2CCC(C[C@@H](NC(=O)NC(CCCO)C(=O)O)C(=O)O)CC2)c1. The summed E-state index contributed by atoms with van der Waals surface area (Å²) in [6, 6.07) is -3.77. The number of carbonyl (C=O) groups excluding carboxylic acids is 4. The summed E-state index contributed by atoms with van der Waals surface area (Å²) in [4.78, 5) is 115. The van der Waals surface area contributed by atoms with Crippen LogP contribution in [0.3, 0.4) is 0 Å². The number of rotatable bonds is 21. The Kier molecular flexibility index (Phi) is 18.3. The van der Waals surface area contributed by atoms with Crippen LogP contribution in [-0.2, 0) is 24.0 Å². The van der Waals surface area contributed by atoms with E-state index in [1.807, 2.05) is 0 Å². The van der Waals surface area contributed by atoms with Crippen molar-refractivity contribution in [3.63, 3.8) is 0 Å². The number of azide groups is 1. The lowest BCUT2D eigenvalue weighted by atomic mass is 9.89. The van der Waals surface area contributed by atoms with Gasteiger partial charge in [-0.2, -0.15) is 0 Å². The molecule has 328 valence electrons. The lowest BCUT2D eigenvalue weighted by molar-refractivity contribution is -0.141. The summed E-state index contributed by atoms with van der Waals surface area (Å²) in [5.74, 6) is -8.35. The second-order valence-corrected chi connectivity index (χ2v) is 14.5. The highest BCUT2D eigenvalue weighted by Gasteiger charge is 2.33. The predicted octanol–water partition coefficient (Wildman–Crippen LogP) is 1.16. The summed E-state index contributed by atoms with van der Waals surface area (Å²) < 4.78 is 0. The van der Waals surface area contributed by atoms with Crippen LogP contribution in [0.2, 0.25) is 0 Å². The van der Waals surface area contributed by atoms with Crippen LogP contribution in [-0.4, -0.2) is 151 Å². The molecule has 0 radical (unpaired) electrons. The first kappa shape index (κ1) is 47.7. The number of amides is 6. The van der Waals surface area contributed by atoms with Gasteiger partial charge in [0.05, 0.1) is 0 Å². The van der Waals surface area contributed by atoms with E-state index in [1.54, 1.807) is 0 Å². The molecule has 1 aromatic rings. The van der Waals surface area contributed by atoms with E-state index < -0.39 is 90.7 Å². The van der Waals surface area contributed by atoms with E-state index in [2.05, 4.69) is 31.3 Å². The predicted molar refractivity (Wildman–Crippen MR) is 204 cm³/mol. The van der Waals surface area contributed by atoms with Gasteiger partial charge in [-0.05, 0) is 93.4 Å². The van der Waals surface area contributed by atoms with Crippen molar-refractivity contribution >= 4 is 59.4 Å². The quantitative estimate of drug-likeness (QED) is 0.0471. The van der Waals surface area contributed by atoms with Gasteiger partial charge in [-0.25, -0.2) is 28.8 Å². The minimum atomic E-state index is -1.56. The highest BCUT2D eigenvalue weighted by molar-refractivity contribution is 6.01. The van der Waals surface area contributed by atoms with Crippen molar-refractivity contribution in [2.75, 3.05) is 32.8 Å². The summed E-state index contributed by atoms with van der Waals surface area (Å²) in [5, 5.41) is 68.2. The number of aliphatic carboxylic acids is 5.